The van der Waals surface area contributed by atoms with Gasteiger partial charge in [-0.05, 0) is 51.9 Å². The third kappa shape index (κ3) is 4.33. The van der Waals surface area contributed by atoms with Crippen LogP contribution in [0.5, 0.6) is 0 Å². The van der Waals surface area contributed by atoms with Crippen molar-refractivity contribution >= 4 is 14.8 Å². The van der Waals surface area contributed by atoms with Gasteiger partial charge in [0.05, 0.1) is 11.8 Å². The number of alkyl halides is 5. The number of carbonyl (C=O) groups excluding carboxylic acids is 1. The largest absolute Gasteiger partial charge is 0.504 e. The fourth-order valence-corrected chi connectivity index (χ4v) is 9.10. The Morgan fingerprint density at radius 2 is 1.61 bits per heavy atom. The molecule has 2 aliphatic carbocycles. The molecule has 192 valence electrons. The summed E-state index contributed by atoms with van der Waals surface area (Å²) in [5.74, 6) is -13.5. The van der Waals surface area contributed by atoms with Crippen molar-refractivity contribution in [3.63, 3.8) is 0 Å². The number of carbonyl (C=O) groups is 1. The van der Waals surface area contributed by atoms with Crippen LogP contribution in [-0.2, 0) is 27.5 Å². The monoisotopic (exact) mass is 506 g/mol. The average Bonchev–Trinajstić information content (AvgIpc) is 3.37. The normalized spacial score (nSPS) is 38.1. The smallest absolute Gasteiger partial charge is 0.435 e. The van der Waals surface area contributed by atoms with E-state index in [0.717, 1.165) is 6.92 Å². The Morgan fingerprint density at radius 1 is 1.06 bits per heavy atom. The third-order valence-corrected chi connectivity index (χ3v) is 10.6. The molecule has 1 aliphatic heterocycles. The van der Waals surface area contributed by atoms with Crippen LogP contribution < -0.4 is 0 Å². The van der Waals surface area contributed by atoms with E-state index >= 15 is 0 Å². The Hall–Kier alpha value is -0.863. The van der Waals surface area contributed by atoms with Crippen LogP contribution in [0.3, 0.4) is 0 Å². The van der Waals surface area contributed by atoms with Crippen LogP contribution in [0, 0.1) is 23.7 Å². The molecule has 2 bridgehead atoms. The van der Waals surface area contributed by atoms with Crippen molar-refractivity contribution in [3.05, 3.63) is 0 Å². The van der Waals surface area contributed by atoms with Gasteiger partial charge < -0.3 is 23.1 Å². The number of aliphatic hydroxyl groups is 1. The molecule has 3 fully saturated rings. The van der Waals surface area contributed by atoms with Gasteiger partial charge in [0.1, 0.15) is 0 Å². The lowest BCUT2D eigenvalue weighted by Crippen LogP contribution is -2.57. The molecular weight excluding hydrogens is 475 g/mol. The molecule has 0 radical (unpaired) electrons. The number of hydrogen-bond donors (Lipinski definition) is 1. The van der Waals surface area contributed by atoms with Crippen LogP contribution in [0.25, 0.3) is 0 Å². The molecule has 1 N–H and O–H groups in total. The summed E-state index contributed by atoms with van der Waals surface area (Å²) in [5, 5.41) is 9.57. The highest BCUT2D eigenvalue weighted by Gasteiger charge is 2.79. The Morgan fingerprint density at radius 3 is 2.03 bits per heavy atom. The maximum atomic E-state index is 14.3. The second kappa shape index (κ2) is 9.30. The molecule has 7 nitrogen and oxygen atoms in total. The maximum Gasteiger partial charge on any atom is 0.504 e. The molecule has 7 unspecified atom stereocenters. The molecule has 1 saturated heterocycles. The van der Waals surface area contributed by atoms with Crippen LogP contribution in [0.15, 0.2) is 0 Å². The number of hydrogen-bond acceptors (Lipinski definition) is 7. The van der Waals surface area contributed by atoms with Gasteiger partial charge in [0.15, 0.2) is 0 Å². The van der Waals surface area contributed by atoms with Gasteiger partial charge in [-0.1, -0.05) is 6.92 Å². The first-order valence-corrected chi connectivity index (χ1v) is 13.0. The molecule has 2 saturated carbocycles. The highest BCUT2D eigenvalue weighted by atomic mass is 28.4. The summed E-state index contributed by atoms with van der Waals surface area (Å²) in [6.45, 7) is 7.18. The van der Waals surface area contributed by atoms with Gasteiger partial charge >= 0.3 is 32.7 Å². The Balaban J connectivity index is 1.78. The summed E-state index contributed by atoms with van der Waals surface area (Å²) in [6, 6.07) is 0. The minimum Gasteiger partial charge on any atom is -0.435 e. The van der Waals surface area contributed by atoms with Crippen molar-refractivity contribution < 1.29 is 54.6 Å². The summed E-state index contributed by atoms with van der Waals surface area (Å²) in [4.78, 5) is 12.9. The first-order chi connectivity index (χ1) is 15.3. The van der Waals surface area contributed by atoms with E-state index in [4.69, 9.17) is 18.0 Å². The van der Waals surface area contributed by atoms with Crippen LogP contribution >= 0.6 is 0 Å². The molecule has 13 heteroatoms. The summed E-state index contributed by atoms with van der Waals surface area (Å²) >= 11 is 0. The third-order valence-electron chi connectivity index (χ3n) is 6.94. The minimum absolute atomic E-state index is 0.126. The lowest BCUT2D eigenvalue weighted by molar-refractivity contribution is -0.415. The second-order valence-electron chi connectivity index (χ2n) is 8.83. The predicted molar refractivity (Wildman–Crippen MR) is 105 cm³/mol. The van der Waals surface area contributed by atoms with Gasteiger partial charge in [-0.15, -0.1) is 0 Å². The van der Waals surface area contributed by atoms with Gasteiger partial charge in [-0.25, -0.2) is 0 Å². The highest BCUT2D eigenvalue weighted by Crippen LogP contribution is 2.60. The first-order valence-electron chi connectivity index (χ1n) is 11.2. The molecule has 3 rings (SSSR count). The molecule has 33 heavy (non-hydrogen) atoms. The van der Waals surface area contributed by atoms with Gasteiger partial charge in [0.2, 0.25) is 6.29 Å². The molecule has 0 aromatic rings. The van der Waals surface area contributed by atoms with Crippen LogP contribution in [0.1, 0.15) is 47.0 Å². The van der Waals surface area contributed by atoms with E-state index < -0.39 is 50.8 Å². The predicted octanol–water partition coefficient (Wildman–Crippen LogP) is 3.87. The van der Waals surface area contributed by atoms with Crippen LogP contribution in [0.4, 0.5) is 22.0 Å². The highest BCUT2D eigenvalue weighted by molar-refractivity contribution is 6.62. The first kappa shape index (κ1) is 26.7. The molecule has 0 spiro atoms. The topological polar surface area (TPSA) is 83.5 Å². The van der Waals surface area contributed by atoms with E-state index in [-0.39, 0.29) is 17.4 Å². The van der Waals surface area contributed by atoms with E-state index in [0.29, 0.717) is 39.1 Å². The summed E-state index contributed by atoms with van der Waals surface area (Å²) in [7, 11) is -3.18. The van der Waals surface area contributed by atoms with Crippen molar-refractivity contribution in [2.45, 2.75) is 76.7 Å². The molecule has 0 aromatic carbocycles. The number of ether oxygens (including phenoxy) is 2. The van der Waals surface area contributed by atoms with Crippen molar-refractivity contribution in [3.8, 4) is 0 Å². The molecule has 0 amide bonds. The van der Waals surface area contributed by atoms with Gasteiger partial charge in [0.25, 0.3) is 0 Å². The van der Waals surface area contributed by atoms with E-state index in [1.54, 1.807) is 20.8 Å². The molecule has 0 aromatic heterocycles. The fourth-order valence-electron chi connectivity index (χ4n) is 5.49. The van der Waals surface area contributed by atoms with E-state index in [1.165, 1.54) is 0 Å². The Bertz CT molecular complexity index is 706. The van der Waals surface area contributed by atoms with Crippen molar-refractivity contribution in [2.24, 2.45) is 23.7 Å². The van der Waals surface area contributed by atoms with Crippen molar-refractivity contribution in [1.82, 2.24) is 0 Å². The minimum atomic E-state index is -5.78. The standard InChI is InChI=1S/C20H31F5O7Si/c1-5-28-33(29-6-2,30-7-3)15-10-12-8-13(15)14(9-12)16(26)31-17-11(4)18(21,22)19(27,32-17)20(23,24)25/h11-15,17,27H,5-10H2,1-4H3. The molecule has 7 atom stereocenters. The molecule has 1 heterocycles. The average molecular weight is 507 g/mol. The fraction of sp³-hybridized carbons (Fsp3) is 0.950. The number of fused-ring (bicyclic) bond motifs is 2. The molecular formula is C20H31F5O7Si. The Kier molecular flexibility index (Phi) is 7.54. The van der Waals surface area contributed by atoms with Gasteiger partial charge in [0, 0.05) is 25.4 Å². The molecule has 3 aliphatic rings. The van der Waals surface area contributed by atoms with Crippen LogP contribution in [-0.4, -0.2) is 63.9 Å². The van der Waals surface area contributed by atoms with Gasteiger partial charge in [-0.2, -0.15) is 22.0 Å². The lowest BCUT2D eigenvalue weighted by atomic mass is 9.88. The zero-order valence-electron chi connectivity index (χ0n) is 19.0. The van der Waals surface area contributed by atoms with E-state index in [1.807, 2.05) is 0 Å². The summed E-state index contributed by atoms with van der Waals surface area (Å²) < 4.78 is 95.0. The van der Waals surface area contributed by atoms with E-state index in [9.17, 15) is 31.9 Å². The Labute approximate surface area is 190 Å². The second-order valence-corrected chi connectivity index (χ2v) is 11.6. The SMILES string of the molecule is CCO[Si](OCC)(OCC)C1CC2CC(C(=O)OC3OC(O)(C(F)(F)F)C(F)(F)C3C)C1C2. The van der Waals surface area contributed by atoms with Crippen LogP contribution in [0.2, 0.25) is 5.54 Å². The van der Waals surface area contributed by atoms with Crippen molar-refractivity contribution in [2.75, 3.05) is 19.8 Å². The quantitative estimate of drug-likeness (QED) is 0.289. The number of rotatable bonds is 9. The van der Waals surface area contributed by atoms with Crippen molar-refractivity contribution in [1.29, 1.82) is 0 Å². The summed E-state index contributed by atoms with van der Waals surface area (Å²) in [6.07, 6.45) is -6.25. The van der Waals surface area contributed by atoms with Gasteiger partial charge in [-0.3, -0.25) is 9.53 Å². The van der Waals surface area contributed by atoms with E-state index in [2.05, 4.69) is 4.74 Å². The summed E-state index contributed by atoms with van der Waals surface area (Å²) in [5.41, 5.74) is -0.218. The zero-order valence-corrected chi connectivity index (χ0v) is 20.0. The maximum absolute atomic E-state index is 14.3. The zero-order chi connectivity index (χ0) is 24.8. The lowest BCUT2D eigenvalue weighted by Gasteiger charge is -2.39. The number of esters is 1. The number of halogens is 5.